The van der Waals surface area contributed by atoms with Crippen molar-refractivity contribution < 1.29 is 5.11 Å². The highest BCUT2D eigenvalue weighted by Gasteiger charge is 2.21. The highest BCUT2D eigenvalue weighted by molar-refractivity contribution is 5.19. The second-order valence-electron chi connectivity index (χ2n) is 4.22. The summed E-state index contributed by atoms with van der Waals surface area (Å²) in [4.78, 5) is 0. The molecule has 1 aromatic rings. The lowest BCUT2D eigenvalue weighted by molar-refractivity contribution is 0.123. The van der Waals surface area contributed by atoms with Gasteiger partial charge in [0, 0.05) is 0 Å². The molecule has 0 fully saturated rings. The molecular weight excluding hydrogens is 186 g/mol. The number of nitrogens with zero attached hydrogens (tertiary/aromatic N) is 1. The van der Waals surface area contributed by atoms with Crippen molar-refractivity contribution in [1.29, 1.82) is 5.26 Å². The molecule has 0 bridgehead atoms. The van der Waals surface area contributed by atoms with Crippen LogP contribution in [0.1, 0.15) is 31.9 Å². The molecule has 80 valence electrons. The van der Waals surface area contributed by atoms with Crippen LogP contribution in [0, 0.1) is 23.2 Å². The molecule has 2 nitrogen and oxygen atoms in total. The molecule has 0 aliphatic rings. The largest absolute Gasteiger partial charge is 0.387 e. The Morgan fingerprint density at radius 3 is 2.33 bits per heavy atom. The van der Waals surface area contributed by atoms with E-state index in [0.717, 1.165) is 12.0 Å². The summed E-state index contributed by atoms with van der Waals surface area (Å²) in [5, 5.41) is 19.0. The Balaban J connectivity index is 2.74. The van der Waals surface area contributed by atoms with Crippen molar-refractivity contribution in [1.82, 2.24) is 0 Å². The van der Waals surface area contributed by atoms with Crippen molar-refractivity contribution in [3.63, 3.8) is 0 Å². The maximum Gasteiger partial charge on any atom is 0.0948 e. The van der Waals surface area contributed by atoms with E-state index in [9.17, 15) is 5.11 Å². The lowest BCUT2D eigenvalue weighted by Crippen LogP contribution is -2.13. The first-order valence-corrected chi connectivity index (χ1v) is 5.27. The van der Waals surface area contributed by atoms with Gasteiger partial charge in [-0.25, -0.2) is 0 Å². The van der Waals surface area contributed by atoms with Gasteiger partial charge in [0.2, 0.25) is 0 Å². The van der Waals surface area contributed by atoms with Gasteiger partial charge < -0.3 is 5.11 Å². The third-order valence-corrected chi connectivity index (χ3v) is 2.41. The van der Waals surface area contributed by atoms with Gasteiger partial charge in [-0.3, -0.25) is 0 Å². The van der Waals surface area contributed by atoms with Crippen LogP contribution in [0.4, 0.5) is 0 Å². The number of nitriles is 1. The van der Waals surface area contributed by atoms with Gasteiger partial charge in [0.15, 0.2) is 0 Å². The molecule has 0 radical (unpaired) electrons. The number of hydrogen-bond acceptors (Lipinski definition) is 2. The summed E-state index contributed by atoms with van der Waals surface area (Å²) < 4.78 is 0. The second kappa shape index (κ2) is 5.53. The number of aliphatic hydroxyl groups is 1. The summed E-state index contributed by atoms with van der Waals surface area (Å²) in [6.45, 7) is 4.12. The fraction of sp³-hybridized carbons (Fsp3) is 0.462. The molecule has 0 heterocycles. The Morgan fingerprint density at radius 1 is 1.27 bits per heavy atom. The summed E-state index contributed by atoms with van der Waals surface area (Å²) in [5.41, 5.74) is 0.824. The first-order valence-electron chi connectivity index (χ1n) is 5.27. The predicted molar refractivity (Wildman–Crippen MR) is 60.0 cm³/mol. The molecule has 0 aliphatic carbocycles. The third-order valence-electron chi connectivity index (χ3n) is 2.41. The summed E-state index contributed by atoms with van der Waals surface area (Å²) in [7, 11) is 0. The molecule has 0 aromatic heterocycles. The molecule has 0 aliphatic heterocycles. The van der Waals surface area contributed by atoms with Gasteiger partial charge >= 0.3 is 0 Å². The van der Waals surface area contributed by atoms with Crippen LogP contribution in [0.2, 0.25) is 0 Å². The zero-order chi connectivity index (χ0) is 11.3. The Bertz CT molecular complexity index is 326. The lowest BCUT2D eigenvalue weighted by Gasteiger charge is -2.18. The summed E-state index contributed by atoms with van der Waals surface area (Å²) in [5.74, 6) is 0.111. The smallest absolute Gasteiger partial charge is 0.0948 e. The monoisotopic (exact) mass is 203 g/mol. The summed E-state index contributed by atoms with van der Waals surface area (Å²) in [6, 6.07) is 11.6. The minimum absolute atomic E-state index is 0.313. The van der Waals surface area contributed by atoms with Crippen molar-refractivity contribution in [3.8, 4) is 6.07 Å². The van der Waals surface area contributed by atoms with Crippen LogP contribution in [0.15, 0.2) is 30.3 Å². The zero-order valence-electron chi connectivity index (χ0n) is 9.22. The van der Waals surface area contributed by atoms with Gasteiger partial charge in [-0.1, -0.05) is 44.2 Å². The van der Waals surface area contributed by atoms with E-state index in [4.69, 9.17) is 5.26 Å². The molecule has 2 heteroatoms. The minimum atomic E-state index is -0.668. The molecule has 1 aromatic carbocycles. The van der Waals surface area contributed by atoms with Crippen LogP contribution in [-0.4, -0.2) is 5.11 Å². The minimum Gasteiger partial charge on any atom is -0.387 e. The van der Waals surface area contributed by atoms with Gasteiger partial charge in [0.05, 0.1) is 18.1 Å². The standard InChI is InChI=1S/C13H17NO/c1-10(2)8-12(9-14)13(15)11-6-4-3-5-7-11/h3-7,10,12-13,15H,8H2,1-2H3/t12-,13-/m1/s1. The van der Waals surface area contributed by atoms with E-state index in [1.807, 2.05) is 30.3 Å². The third kappa shape index (κ3) is 3.38. The number of benzene rings is 1. The maximum atomic E-state index is 10.0. The molecule has 1 N–H and O–H groups in total. The fourth-order valence-corrected chi connectivity index (χ4v) is 1.64. The van der Waals surface area contributed by atoms with Gasteiger partial charge in [0.1, 0.15) is 0 Å². The quantitative estimate of drug-likeness (QED) is 0.817. The normalized spacial score (nSPS) is 14.6. The molecule has 0 unspecified atom stereocenters. The van der Waals surface area contributed by atoms with Gasteiger partial charge in [0.25, 0.3) is 0 Å². The van der Waals surface area contributed by atoms with E-state index in [1.165, 1.54) is 0 Å². The highest BCUT2D eigenvalue weighted by Crippen LogP contribution is 2.26. The number of rotatable bonds is 4. The van der Waals surface area contributed by atoms with E-state index in [1.54, 1.807) is 0 Å². The van der Waals surface area contributed by atoms with E-state index >= 15 is 0 Å². The van der Waals surface area contributed by atoms with Crippen molar-refractivity contribution in [2.24, 2.45) is 11.8 Å². The zero-order valence-corrected chi connectivity index (χ0v) is 9.22. The Kier molecular flexibility index (Phi) is 4.33. The molecular formula is C13H17NO. The first-order chi connectivity index (χ1) is 7.15. The fourth-order valence-electron chi connectivity index (χ4n) is 1.64. The van der Waals surface area contributed by atoms with Crippen LogP contribution >= 0.6 is 0 Å². The van der Waals surface area contributed by atoms with Crippen molar-refractivity contribution >= 4 is 0 Å². The summed E-state index contributed by atoms with van der Waals surface area (Å²) in [6.07, 6.45) is 0.0608. The molecule has 0 saturated carbocycles. The average Bonchev–Trinajstić information content (AvgIpc) is 2.26. The average molecular weight is 203 g/mol. The maximum absolute atomic E-state index is 10.0. The predicted octanol–water partition coefficient (Wildman–Crippen LogP) is 2.91. The van der Waals surface area contributed by atoms with Crippen molar-refractivity contribution in [2.75, 3.05) is 0 Å². The Hall–Kier alpha value is -1.33. The van der Waals surface area contributed by atoms with E-state index < -0.39 is 6.10 Å². The lowest BCUT2D eigenvalue weighted by atomic mass is 9.89. The molecule has 0 amide bonds. The van der Waals surface area contributed by atoms with Crippen molar-refractivity contribution in [3.05, 3.63) is 35.9 Å². The van der Waals surface area contributed by atoms with Crippen LogP contribution in [0.5, 0.6) is 0 Å². The topological polar surface area (TPSA) is 44.0 Å². The van der Waals surface area contributed by atoms with Crippen LogP contribution in [0.3, 0.4) is 0 Å². The number of hydrogen-bond donors (Lipinski definition) is 1. The van der Waals surface area contributed by atoms with Gasteiger partial charge in [-0.15, -0.1) is 0 Å². The molecule has 0 saturated heterocycles. The molecule has 0 spiro atoms. The summed E-state index contributed by atoms with van der Waals surface area (Å²) >= 11 is 0. The van der Waals surface area contributed by atoms with E-state index in [0.29, 0.717) is 5.92 Å². The second-order valence-corrected chi connectivity index (χ2v) is 4.22. The first kappa shape index (κ1) is 11.7. The van der Waals surface area contributed by atoms with Crippen molar-refractivity contribution in [2.45, 2.75) is 26.4 Å². The Morgan fingerprint density at radius 2 is 1.87 bits per heavy atom. The molecule has 15 heavy (non-hydrogen) atoms. The SMILES string of the molecule is CC(C)C[C@H](C#N)[C@H](O)c1ccccc1. The molecule has 2 atom stereocenters. The molecule has 1 rings (SSSR count). The number of aliphatic hydroxyl groups excluding tert-OH is 1. The van der Waals surface area contributed by atoms with Gasteiger partial charge in [-0.2, -0.15) is 5.26 Å². The van der Waals surface area contributed by atoms with Crippen LogP contribution in [-0.2, 0) is 0 Å². The Labute approximate surface area is 91.2 Å². The van der Waals surface area contributed by atoms with E-state index in [2.05, 4.69) is 19.9 Å². The van der Waals surface area contributed by atoms with Crippen LogP contribution in [0.25, 0.3) is 0 Å². The van der Waals surface area contributed by atoms with Gasteiger partial charge in [-0.05, 0) is 17.9 Å². The van der Waals surface area contributed by atoms with E-state index in [-0.39, 0.29) is 5.92 Å². The highest BCUT2D eigenvalue weighted by atomic mass is 16.3. The van der Waals surface area contributed by atoms with Crippen LogP contribution < -0.4 is 0 Å².